The molecule has 0 aliphatic carbocycles. The van der Waals surface area contributed by atoms with Gasteiger partial charge in [-0.3, -0.25) is 14.4 Å². The van der Waals surface area contributed by atoms with Crippen molar-refractivity contribution in [2.24, 2.45) is 0 Å². The molecular formula is C65H106O6. The molecule has 0 saturated heterocycles. The van der Waals surface area contributed by atoms with Gasteiger partial charge in [0.15, 0.2) is 6.10 Å². The number of hydrogen-bond donors (Lipinski definition) is 0. The second-order valence-corrected chi connectivity index (χ2v) is 18.8. The number of esters is 3. The maximum absolute atomic E-state index is 12.9. The number of allylic oxidation sites excluding steroid dienone is 20. The highest BCUT2D eigenvalue weighted by Gasteiger charge is 2.19. The normalized spacial score (nSPS) is 13.0. The van der Waals surface area contributed by atoms with E-state index in [4.69, 9.17) is 14.2 Å². The van der Waals surface area contributed by atoms with Crippen molar-refractivity contribution in [1.82, 2.24) is 0 Å². The lowest BCUT2D eigenvalue weighted by atomic mass is 10.1. The lowest BCUT2D eigenvalue weighted by Crippen LogP contribution is -2.30. The molecule has 0 rings (SSSR count). The van der Waals surface area contributed by atoms with Gasteiger partial charge in [0.05, 0.1) is 0 Å². The Balaban J connectivity index is 4.51. The van der Waals surface area contributed by atoms with E-state index in [-0.39, 0.29) is 37.5 Å². The molecule has 6 heteroatoms. The van der Waals surface area contributed by atoms with Crippen LogP contribution in [0, 0.1) is 0 Å². The van der Waals surface area contributed by atoms with Crippen molar-refractivity contribution in [2.75, 3.05) is 13.2 Å². The van der Waals surface area contributed by atoms with Crippen LogP contribution in [0.3, 0.4) is 0 Å². The monoisotopic (exact) mass is 983 g/mol. The van der Waals surface area contributed by atoms with E-state index in [1.54, 1.807) is 0 Å². The van der Waals surface area contributed by atoms with Crippen LogP contribution in [0.1, 0.15) is 252 Å². The SMILES string of the molecule is CC/C=C\C/C=C\C/C=C\C/C=C\C/C=C\C/C=C\C/C=C\CCCC(=O)OCC(COC(=O)CCCCCCC/C=C\C/C=C\CCCC)OC(=O)CCCCCCC/C=C\CCCCCCCCC. The van der Waals surface area contributed by atoms with Crippen LogP contribution in [0.25, 0.3) is 0 Å². The standard InChI is InChI=1S/C65H106O6/c1-4-7-10-13-16-19-22-25-28-30-31-32-33-34-35-36-38-40-43-46-49-52-55-58-64(67)70-61-62(60-69-63(66)57-54-51-48-45-42-39-27-24-21-18-15-12-9-6-3)71-65(68)59-56-53-50-47-44-41-37-29-26-23-20-17-14-11-8-5-2/h7,10,15-16,18-19,24-25,27-29,31-32,34-35,37-38,40,46,49,62H,4-6,8-9,11-14,17,20-23,26,30,33,36,39,41-45,47-48,50-61H2,1-3H3/b10-7-,18-15-,19-16-,27-24-,28-25-,32-31-,35-34-,37-29-,40-38-,49-46-. The van der Waals surface area contributed by atoms with E-state index >= 15 is 0 Å². The molecule has 0 heterocycles. The Morgan fingerprint density at radius 1 is 0.296 bits per heavy atom. The molecule has 0 aromatic heterocycles. The summed E-state index contributed by atoms with van der Waals surface area (Å²) >= 11 is 0. The number of ether oxygens (including phenoxy) is 3. The quantitative estimate of drug-likeness (QED) is 0.0261. The third-order valence-electron chi connectivity index (χ3n) is 11.9. The predicted molar refractivity (Wildman–Crippen MR) is 306 cm³/mol. The van der Waals surface area contributed by atoms with Crippen LogP contribution >= 0.6 is 0 Å². The summed E-state index contributed by atoms with van der Waals surface area (Å²) in [6, 6.07) is 0. The largest absolute Gasteiger partial charge is 0.462 e. The first-order chi connectivity index (χ1) is 35.0. The molecular weight excluding hydrogens is 877 g/mol. The summed E-state index contributed by atoms with van der Waals surface area (Å²) in [6.45, 7) is 6.41. The van der Waals surface area contributed by atoms with E-state index in [9.17, 15) is 14.4 Å². The Hall–Kier alpha value is -4.19. The van der Waals surface area contributed by atoms with Crippen LogP contribution in [-0.2, 0) is 28.6 Å². The fraction of sp³-hybridized carbons (Fsp3) is 0.646. The number of hydrogen-bond acceptors (Lipinski definition) is 6. The van der Waals surface area contributed by atoms with Gasteiger partial charge in [-0.15, -0.1) is 0 Å². The Morgan fingerprint density at radius 2 is 0.577 bits per heavy atom. The summed E-state index contributed by atoms with van der Waals surface area (Å²) in [7, 11) is 0. The molecule has 1 atom stereocenters. The van der Waals surface area contributed by atoms with Crippen molar-refractivity contribution in [2.45, 2.75) is 258 Å². The Morgan fingerprint density at radius 3 is 0.972 bits per heavy atom. The number of unbranched alkanes of at least 4 members (excludes halogenated alkanes) is 20. The highest BCUT2D eigenvalue weighted by atomic mass is 16.6. The molecule has 402 valence electrons. The molecule has 0 radical (unpaired) electrons. The number of carbonyl (C=O) groups is 3. The molecule has 0 aliphatic rings. The van der Waals surface area contributed by atoms with E-state index in [1.165, 1.54) is 77.0 Å². The number of rotatable bonds is 51. The zero-order valence-electron chi connectivity index (χ0n) is 45.9. The average Bonchev–Trinajstić information content (AvgIpc) is 3.37. The minimum absolute atomic E-state index is 0.109. The van der Waals surface area contributed by atoms with Crippen LogP contribution in [0.2, 0.25) is 0 Å². The van der Waals surface area contributed by atoms with Crippen molar-refractivity contribution >= 4 is 17.9 Å². The summed E-state index contributed by atoms with van der Waals surface area (Å²) in [5.74, 6) is -0.994. The van der Waals surface area contributed by atoms with Crippen molar-refractivity contribution in [3.8, 4) is 0 Å². The van der Waals surface area contributed by atoms with Gasteiger partial charge in [-0.25, -0.2) is 0 Å². The highest BCUT2D eigenvalue weighted by molar-refractivity contribution is 5.71. The van der Waals surface area contributed by atoms with Crippen molar-refractivity contribution in [3.05, 3.63) is 122 Å². The maximum atomic E-state index is 12.9. The van der Waals surface area contributed by atoms with Gasteiger partial charge in [0, 0.05) is 19.3 Å². The van der Waals surface area contributed by atoms with Crippen LogP contribution < -0.4 is 0 Å². The van der Waals surface area contributed by atoms with Gasteiger partial charge in [-0.05, 0) is 122 Å². The molecule has 6 nitrogen and oxygen atoms in total. The molecule has 0 aromatic rings. The van der Waals surface area contributed by atoms with Gasteiger partial charge in [0.25, 0.3) is 0 Å². The molecule has 1 unspecified atom stereocenters. The summed E-state index contributed by atoms with van der Waals surface area (Å²) in [5.41, 5.74) is 0. The lowest BCUT2D eigenvalue weighted by Gasteiger charge is -2.18. The van der Waals surface area contributed by atoms with E-state index in [0.717, 1.165) is 128 Å². The van der Waals surface area contributed by atoms with E-state index < -0.39 is 6.10 Å². The van der Waals surface area contributed by atoms with Crippen molar-refractivity contribution in [3.63, 3.8) is 0 Å². The second kappa shape index (κ2) is 58.4. The van der Waals surface area contributed by atoms with Gasteiger partial charge in [-0.2, -0.15) is 0 Å². The van der Waals surface area contributed by atoms with Crippen molar-refractivity contribution < 1.29 is 28.6 Å². The summed E-state index contributed by atoms with van der Waals surface area (Å²) in [4.78, 5) is 38.1. The van der Waals surface area contributed by atoms with E-state index in [0.29, 0.717) is 19.3 Å². The maximum Gasteiger partial charge on any atom is 0.306 e. The van der Waals surface area contributed by atoms with Gasteiger partial charge >= 0.3 is 17.9 Å². The minimum atomic E-state index is -0.815. The van der Waals surface area contributed by atoms with E-state index in [1.807, 2.05) is 0 Å². The van der Waals surface area contributed by atoms with Crippen molar-refractivity contribution in [1.29, 1.82) is 0 Å². The van der Waals surface area contributed by atoms with Gasteiger partial charge in [0.2, 0.25) is 0 Å². The Kier molecular flexibility index (Phi) is 54.9. The molecule has 0 spiro atoms. The zero-order chi connectivity index (χ0) is 51.4. The zero-order valence-corrected chi connectivity index (χ0v) is 45.9. The second-order valence-electron chi connectivity index (χ2n) is 18.8. The topological polar surface area (TPSA) is 78.9 Å². The predicted octanol–water partition coefficient (Wildman–Crippen LogP) is 19.6. The first-order valence-corrected chi connectivity index (χ1v) is 29.0. The van der Waals surface area contributed by atoms with Gasteiger partial charge in [-0.1, -0.05) is 232 Å². The van der Waals surface area contributed by atoms with Crippen LogP contribution in [0.5, 0.6) is 0 Å². The third kappa shape index (κ3) is 56.6. The lowest BCUT2D eigenvalue weighted by molar-refractivity contribution is -0.167. The summed E-state index contributed by atoms with van der Waals surface area (Å²) in [6.07, 6.45) is 80.5. The van der Waals surface area contributed by atoms with Gasteiger partial charge < -0.3 is 14.2 Å². The molecule has 0 aromatic carbocycles. The fourth-order valence-corrected chi connectivity index (χ4v) is 7.56. The first kappa shape index (κ1) is 66.8. The smallest absolute Gasteiger partial charge is 0.306 e. The average molecular weight is 984 g/mol. The van der Waals surface area contributed by atoms with Crippen LogP contribution in [0.15, 0.2) is 122 Å². The molecule has 0 fully saturated rings. The molecule has 71 heavy (non-hydrogen) atoms. The minimum Gasteiger partial charge on any atom is -0.462 e. The molecule has 0 N–H and O–H groups in total. The summed E-state index contributed by atoms with van der Waals surface area (Å²) in [5, 5.41) is 0. The van der Waals surface area contributed by atoms with E-state index in [2.05, 4.69) is 142 Å². The molecule has 0 amide bonds. The molecule has 0 aliphatic heterocycles. The van der Waals surface area contributed by atoms with Gasteiger partial charge in [0.1, 0.15) is 13.2 Å². The highest BCUT2D eigenvalue weighted by Crippen LogP contribution is 2.13. The fourth-order valence-electron chi connectivity index (χ4n) is 7.56. The molecule has 0 saturated carbocycles. The third-order valence-corrected chi connectivity index (χ3v) is 11.9. The summed E-state index contributed by atoms with van der Waals surface area (Å²) < 4.78 is 16.8. The van der Waals surface area contributed by atoms with Crippen LogP contribution in [0.4, 0.5) is 0 Å². The first-order valence-electron chi connectivity index (χ1n) is 29.0. The Bertz CT molecular complexity index is 1500. The molecule has 0 bridgehead atoms. The van der Waals surface area contributed by atoms with Crippen LogP contribution in [-0.4, -0.2) is 37.2 Å². The Labute approximate surface area is 437 Å². The number of carbonyl (C=O) groups excluding carboxylic acids is 3.